The number of aliphatic hydroxyl groups is 1. The molecule has 1 aromatic carbocycles. The highest BCUT2D eigenvalue weighted by molar-refractivity contribution is 5.82. The first kappa shape index (κ1) is 13.6. The maximum absolute atomic E-state index is 12.1. The Kier molecular flexibility index (Phi) is 3.35. The van der Waals surface area contributed by atoms with E-state index in [1.165, 1.54) is 0 Å². The van der Waals surface area contributed by atoms with Gasteiger partial charge in [0.25, 0.3) is 0 Å². The number of aromatic nitrogens is 2. The molecule has 0 saturated carbocycles. The Balaban J connectivity index is 2.34. The van der Waals surface area contributed by atoms with Gasteiger partial charge in [-0.1, -0.05) is 18.2 Å². The van der Waals surface area contributed by atoms with Crippen molar-refractivity contribution in [3.8, 4) is 5.69 Å². The number of hydrogen-bond acceptors (Lipinski definition) is 4. The molecule has 0 aliphatic rings. The second kappa shape index (κ2) is 5.18. The summed E-state index contributed by atoms with van der Waals surface area (Å²) in [6.07, 6.45) is 0.292. The second-order valence-electron chi connectivity index (χ2n) is 4.98. The third-order valence-electron chi connectivity index (χ3n) is 3.64. The number of aryl methyl sites for hydroxylation is 2. The van der Waals surface area contributed by atoms with E-state index < -0.39 is 5.63 Å². The van der Waals surface area contributed by atoms with E-state index in [9.17, 15) is 4.79 Å². The summed E-state index contributed by atoms with van der Waals surface area (Å²) in [6.45, 7) is 3.68. The average Bonchev–Trinajstić information content (AvgIpc) is 2.81. The molecule has 108 valence electrons. The Morgan fingerprint density at radius 2 is 1.95 bits per heavy atom. The lowest BCUT2D eigenvalue weighted by atomic mass is 10.1. The van der Waals surface area contributed by atoms with E-state index in [-0.39, 0.29) is 6.61 Å². The number of hydrogen-bond donors (Lipinski definition) is 1. The largest absolute Gasteiger partial charge is 0.403 e. The van der Waals surface area contributed by atoms with Gasteiger partial charge in [-0.15, -0.1) is 0 Å². The van der Waals surface area contributed by atoms with E-state index in [2.05, 4.69) is 5.10 Å². The van der Waals surface area contributed by atoms with Crippen molar-refractivity contribution in [2.24, 2.45) is 0 Å². The maximum atomic E-state index is 12.1. The first-order chi connectivity index (χ1) is 10.1. The molecule has 0 spiro atoms. The smallest absolute Gasteiger partial charge is 0.341 e. The van der Waals surface area contributed by atoms with Crippen molar-refractivity contribution in [1.29, 1.82) is 0 Å². The van der Waals surface area contributed by atoms with Crippen LogP contribution >= 0.6 is 0 Å². The molecule has 5 nitrogen and oxygen atoms in total. The molecule has 3 aromatic rings. The number of benzene rings is 1. The van der Waals surface area contributed by atoms with Crippen LogP contribution in [0.2, 0.25) is 0 Å². The highest BCUT2D eigenvalue weighted by Crippen LogP contribution is 2.25. The molecule has 0 atom stereocenters. The van der Waals surface area contributed by atoms with Crippen molar-refractivity contribution in [3.63, 3.8) is 0 Å². The molecule has 5 heteroatoms. The minimum absolute atomic E-state index is 0.0804. The van der Waals surface area contributed by atoms with Crippen LogP contribution in [0, 0.1) is 13.8 Å². The van der Waals surface area contributed by atoms with Gasteiger partial charge in [0.2, 0.25) is 5.71 Å². The van der Waals surface area contributed by atoms with Crippen molar-refractivity contribution in [1.82, 2.24) is 9.78 Å². The Bertz CT molecular complexity index is 847. The van der Waals surface area contributed by atoms with Crippen molar-refractivity contribution >= 4 is 11.1 Å². The number of fused-ring (bicyclic) bond motifs is 1. The molecule has 0 fully saturated rings. The predicted octanol–water partition coefficient (Wildman–Crippen LogP) is 2.13. The van der Waals surface area contributed by atoms with Crippen LogP contribution in [0.15, 0.2) is 39.5 Å². The minimum atomic E-state index is -0.411. The molecule has 21 heavy (non-hydrogen) atoms. The number of rotatable bonds is 3. The Morgan fingerprint density at radius 3 is 2.62 bits per heavy atom. The van der Waals surface area contributed by atoms with Crippen molar-refractivity contribution < 1.29 is 9.52 Å². The van der Waals surface area contributed by atoms with E-state index in [1.807, 2.05) is 44.2 Å². The molecule has 2 heterocycles. The summed E-state index contributed by atoms with van der Waals surface area (Å²) in [5, 5.41) is 14.4. The fourth-order valence-electron chi connectivity index (χ4n) is 2.63. The van der Waals surface area contributed by atoms with Gasteiger partial charge in [0.15, 0.2) is 0 Å². The van der Waals surface area contributed by atoms with Crippen LogP contribution in [0.25, 0.3) is 16.8 Å². The Morgan fingerprint density at radius 1 is 1.24 bits per heavy atom. The summed E-state index contributed by atoms with van der Waals surface area (Å²) in [5.41, 5.74) is 3.02. The Labute approximate surface area is 121 Å². The topological polar surface area (TPSA) is 68.3 Å². The van der Waals surface area contributed by atoms with Gasteiger partial charge in [0.1, 0.15) is 0 Å². The predicted molar refractivity (Wildman–Crippen MR) is 79.9 cm³/mol. The number of aliphatic hydroxyl groups excluding tert-OH is 1. The lowest BCUT2D eigenvalue weighted by Gasteiger charge is -2.05. The van der Waals surface area contributed by atoms with Crippen LogP contribution in [-0.4, -0.2) is 21.5 Å². The van der Waals surface area contributed by atoms with Crippen molar-refractivity contribution in [3.05, 3.63) is 57.6 Å². The van der Waals surface area contributed by atoms with Gasteiger partial charge in [-0.05, 0) is 31.5 Å². The summed E-state index contributed by atoms with van der Waals surface area (Å²) in [4.78, 5) is 12.1. The molecule has 3 rings (SSSR count). The van der Waals surface area contributed by atoms with Gasteiger partial charge < -0.3 is 9.52 Å². The second-order valence-corrected chi connectivity index (χ2v) is 4.98. The average molecular weight is 284 g/mol. The lowest BCUT2D eigenvalue weighted by Crippen LogP contribution is -2.12. The monoisotopic (exact) mass is 284 g/mol. The first-order valence-corrected chi connectivity index (χ1v) is 6.81. The zero-order chi connectivity index (χ0) is 15.0. The van der Waals surface area contributed by atoms with Crippen molar-refractivity contribution in [2.75, 3.05) is 6.61 Å². The molecule has 0 saturated heterocycles. The van der Waals surface area contributed by atoms with Crippen LogP contribution in [0.3, 0.4) is 0 Å². The summed E-state index contributed by atoms with van der Waals surface area (Å²) in [7, 11) is 0. The normalized spacial score (nSPS) is 11.2. The van der Waals surface area contributed by atoms with Crippen LogP contribution < -0.4 is 5.63 Å². The number of nitrogens with zero attached hydrogens (tertiary/aromatic N) is 2. The van der Waals surface area contributed by atoms with Crippen LogP contribution in [-0.2, 0) is 6.42 Å². The lowest BCUT2D eigenvalue weighted by molar-refractivity contribution is 0.297. The Hall–Kier alpha value is -2.40. The highest BCUT2D eigenvalue weighted by atomic mass is 16.4. The van der Waals surface area contributed by atoms with Crippen LogP contribution in [0.4, 0.5) is 0 Å². The SMILES string of the molecule is Cc1nn(-c2ccccc2)c2oc(=O)c(CCO)c(C)c12. The van der Waals surface area contributed by atoms with Gasteiger partial charge in [0.05, 0.1) is 16.8 Å². The summed E-state index contributed by atoms with van der Waals surface area (Å²) in [5.74, 6) is 0. The fraction of sp³-hybridized carbons (Fsp3) is 0.250. The quantitative estimate of drug-likeness (QED) is 0.800. The third-order valence-corrected chi connectivity index (χ3v) is 3.64. The van der Waals surface area contributed by atoms with E-state index in [0.717, 1.165) is 22.3 Å². The zero-order valence-electron chi connectivity index (χ0n) is 12.0. The van der Waals surface area contributed by atoms with Crippen LogP contribution in [0.1, 0.15) is 16.8 Å². The minimum Gasteiger partial charge on any atom is -0.403 e. The van der Waals surface area contributed by atoms with E-state index in [1.54, 1.807) is 4.68 Å². The molecule has 0 unspecified atom stereocenters. The van der Waals surface area contributed by atoms with E-state index >= 15 is 0 Å². The third kappa shape index (κ3) is 2.15. The maximum Gasteiger partial charge on any atom is 0.341 e. The first-order valence-electron chi connectivity index (χ1n) is 6.81. The van der Waals surface area contributed by atoms with Gasteiger partial charge in [0, 0.05) is 18.6 Å². The van der Waals surface area contributed by atoms with Gasteiger partial charge >= 0.3 is 5.63 Å². The molecular formula is C16H16N2O3. The molecule has 0 aliphatic carbocycles. The molecule has 0 radical (unpaired) electrons. The molecule has 0 amide bonds. The molecule has 0 bridgehead atoms. The summed E-state index contributed by atoms with van der Waals surface area (Å²) < 4.78 is 7.11. The standard InChI is InChI=1S/C16H16N2O3/c1-10-13(8-9-19)16(20)21-15-14(10)11(2)17-18(15)12-6-4-3-5-7-12/h3-7,19H,8-9H2,1-2H3. The summed E-state index contributed by atoms with van der Waals surface area (Å²) >= 11 is 0. The zero-order valence-corrected chi connectivity index (χ0v) is 12.0. The highest BCUT2D eigenvalue weighted by Gasteiger charge is 2.18. The summed E-state index contributed by atoms with van der Waals surface area (Å²) in [6, 6.07) is 9.54. The molecule has 0 aliphatic heterocycles. The van der Waals surface area contributed by atoms with E-state index in [4.69, 9.17) is 9.52 Å². The number of para-hydroxylation sites is 1. The van der Waals surface area contributed by atoms with Gasteiger partial charge in [-0.3, -0.25) is 0 Å². The van der Waals surface area contributed by atoms with Crippen LogP contribution in [0.5, 0.6) is 0 Å². The van der Waals surface area contributed by atoms with Crippen molar-refractivity contribution in [2.45, 2.75) is 20.3 Å². The molecule has 1 N–H and O–H groups in total. The van der Waals surface area contributed by atoms with Gasteiger partial charge in [-0.2, -0.15) is 9.78 Å². The molecular weight excluding hydrogens is 268 g/mol. The van der Waals surface area contributed by atoms with E-state index in [0.29, 0.717) is 17.7 Å². The molecule has 2 aromatic heterocycles. The fourth-order valence-corrected chi connectivity index (χ4v) is 2.63. The van der Waals surface area contributed by atoms with Gasteiger partial charge in [-0.25, -0.2) is 4.79 Å².